The van der Waals surface area contributed by atoms with Crippen molar-refractivity contribution in [2.45, 2.75) is 33.4 Å². The molecule has 0 radical (unpaired) electrons. The quantitative estimate of drug-likeness (QED) is 0.260. The Kier molecular flexibility index (Phi) is 6.36. The summed E-state index contributed by atoms with van der Waals surface area (Å²) in [6.07, 6.45) is 0. The Hall–Kier alpha value is -3.00. The van der Waals surface area contributed by atoms with Gasteiger partial charge in [-0.2, -0.15) is 21.0 Å². The van der Waals surface area contributed by atoms with E-state index in [0.29, 0.717) is 33.6 Å². The molecule has 0 saturated carbocycles. The molecule has 1 aromatic rings. The Labute approximate surface area is 187 Å². The maximum absolute atomic E-state index is 11.8. The normalized spacial score (nSPS) is 14.9. The zero-order valence-corrected chi connectivity index (χ0v) is 18.3. The molecule has 8 nitrogen and oxygen atoms in total. The molecular formula is C18H6N4O4S4. The van der Waals surface area contributed by atoms with E-state index in [9.17, 15) is 25.4 Å². The van der Waals surface area contributed by atoms with E-state index in [1.807, 2.05) is 6.07 Å². The maximum Gasteiger partial charge on any atom is 0.416 e. The average Bonchev–Trinajstić information content (AvgIpc) is 3.35. The second kappa shape index (κ2) is 8.79. The molecular weight excluding hydrogens is 464 g/mol. The number of fused-ring (bicyclic) bond motifs is 2. The second-order valence-electron chi connectivity index (χ2n) is 5.39. The Morgan fingerprint density at radius 1 is 0.700 bits per heavy atom. The number of nitriles is 4. The molecule has 0 bridgehead atoms. The number of carbonyl (C=O) groups excluding carboxylic acids is 2. The van der Waals surface area contributed by atoms with E-state index in [1.165, 1.54) is 24.8 Å². The first-order valence-corrected chi connectivity index (χ1v) is 11.0. The number of esters is 2. The number of nitrogens with zero attached hydrogens (tertiary/aromatic N) is 4. The number of carbonyl (C=O) groups is 2. The summed E-state index contributed by atoms with van der Waals surface area (Å²) < 4.78 is 11.6. The van der Waals surface area contributed by atoms with Crippen LogP contribution in [0.4, 0.5) is 0 Å². The fourth-order valence-electron chi connectivity index (χ4n) is 2.26. The van der Waals surface area contributed by atoms with Crippen molar-refractivity contribution in [1.82, 2.24) is 0 Å². The van der Waals surface area contributed by atoms with Crippen LogP contribution in [0.2, 0.25) is 0 Å². The summed E-state index contributed by atoms with van der Waals surface area (Å²) in [5.41, 5.74) is 0.277. The summed E-state index contributed by atoms with van der Waals surface area (Å²) in [5.74, 6) is -1.50. The molecule has 0 fully saturated rings. The van der Waals surface area contributed by atoms with E-state index in [4.69, 9.17) is 14.7 Å². The van der Waals surface area contributed by atoms with Gasteiger partial charge in [-0.3, -0.25) is 4.79 Å². The van der Waals surface area contributed by atoms with Gasteiger partial charge in [0.15, 0.2) is 17.6 Å². The van der Waals surface area contributed by atoms with Crippen LogP contribution in [0, 0.1) is 45.3 Å². The number of thioether (sulfide) groups is 4. The van der Waals surface area contributed by atoms with E-state index >= 15 is 0 Å². The zero-order chi connectivity index (χ0) is 22.0. The monoisotopic (exact) mass is 470 g/mol. The molecule has 2 heterocycles. The molecule has 0 aromatic heterocycles. The van der Waals surface area contributed by atoms with Gasteiger partial charge in [-0.15, -0.1) is 0 Å². The molecule has 3 rings (SSSR count). The van der Waals surface area contributed by atoms with Crippen LogP contribution in [0.25, 0.3) is 0 Å². The summed E-state index contributed by atoms with van der Waals surface area (Å²) in [5, 5.41) is 36.5. The van der Waals surface area contributed by atoms with Crippen molar-refractivity contribution in [3.8, 4) is 35.8 Å². The molecule has 0 N–H and O–H groups in total. The SMILES string of the molecule is CC(=O)Oc1c2c(c(OC(=O)C#N)c3c1S/C(=C(/C)C#N)S3)SC(=C(C#N)C#N)S2. The summed E-state index contributed by atoms with van der Waals surface area (Å²) in [4.78, 5) is 25.1. The lowest BCUT2D eigenvalue weighted by molar-refractivity contribution is -0.132. The number of rotatable bonds is 2. The Morgan fingerprint density at radius 3 is 1.57 bits per heavy atom. The first-order valence-electron chi connectivity index (χ1n) is 7.75. The minimum absolute atomic E-state index is 0.0587. The van der Waals surface area contributed by atoms with Crippen LogP contribution < -0.4 is 9.47 Å². The molecule has 0 aliphatic carbocycles. The van der Waals surface area contributed by atoms with Crippen molar-refractivity contribution in [3.05, 3.63) is 19.6 Å². The van der Waals surface area contributed by atoms with Gasteiger partial charge in [0, 0.05) is 12.5 Å². The van der Waals surface area contributed by atoms with Crippen LogP contribution in [0.15, 0.2) is 39.2 Å². The molecule has 146 valence electrons. The van der Waals surface area contributed by atoms with E-state index in [-0.39, 0.29) is 17.1 Å². The third-order valence-corrected chi connectivity index (χ3v) is 8.85. The lowest BCUT2D eigenvalue weighted by Crippen LogP contribution is -2.08. The van der Waals surface area contributed by atoms with Crippen LogP contribution in [-0.4, -0.2) is 11.9 Å². The average molecular weight is 471 g/mol. The van der Waals surface area contributed by atoms with Crippen LogP contribution in [0.1, 0.15) is 13.8 Å². The Balaban J connectivity index is 2.32. The standard InChI is InChI=1S/C18H6N4O4S4/c1-7(3-19)17-27-13-11(25-8(2)23)14-16(30-18(29-14)9(4-20)5-21)12(15(13)28-17)26-10(24)6-22/h1-2H3/b17-7+. The first-order chi connectivity index (χ1) is 14.3. The van der Waals surface area contributed by atoms with Gasteiger partial charge in [-0.25, -0.2) is 4.79 Å². The van der Waals surface area contributed by atoms with Crippen LogP contribution in [-0.2, 0) is 9.59 Å². The van der Waals surface area contributed by atoms with Crippen LogP contribution >= 0.6 is 47.0 Å². The molecule has 0 amide bonds. The molecule has 1 aromatic carbocycles. The van der Waals surface area contributed by atoms with Gasteiger partial charge >= 0.3 is 11.9 Å². The zero-order valence-electron chi connectivity index (χ0n) is 15.1. The Morgan fingerprint density at radius 2 is 1.17 bits per heavy atom. The van der Waals surface area contributed by atoms with E-state index < -0.39 is 11.9 Å². The molecule has 0 unspecified atom stereocenters. The molecule has 0 saturated heterocycles. The van der Waals surface area contributed by atoms with Gasteiger partial charge < -0.3 is 9.47 Å². The second-order valence-corrected chi connectivity index (χ2v) is 9.99. The maximum atomic E-state index is 11.8. The minimum Gasteiger partial charge on any atom is -0.424 e. The molecule has 0 atom stereocenters. The van der Waals surface area contributed by atoms with Gasteiger partial charge in [0.2, 0.25) is 0 Å². The van der Waals surface area contributed by atoms with Crippen molar-refractivity contribution in [2.75, 3.05) is 0 Å². The van der Waals surface area contributed by atoms with E-state index in [2.05, 4.69) is 0 Å². The Bertz CT molecular complexity index is 1240. The molecule has 2 aliphatic heterocycles. The van der Waals surface area contributed by atoms with Crippen molar-refractivity contribution in [1.29, 1.82) is 21.0 Å². The van der Waals surface area contributed by atoms with Gasteiger partial charge in [-0.05, 0) is 6.92 Å². The number of hydrogen-bond acceptors (Lipinski definition) is 12. The van der Waals surface area contributed by atoms with Crippen molar-refractivity contribution >= 4 is 59.0 Å². The summed E-state index contributed by atoms with van der Waals surface area (Å²) >= 11 is 4.37. The summed E-state index contributed by atoms with van der Waals surface area (Å²) in [6, 6.07) is 7.04. The van der Waals surface area contributed by atoms with Gasteiger partial charge in [-0.1, -0.05) is 47.0 Å². The van der Waals surface area contributed by atoms with Gasteiger partial charge in [0.1, 0.15) is 17.7 Å². The smallest absolute Gasteiger partial charge is 0.416 e. The lowest BCUT2D eigenvalue weighted by Gasteiger charge is -2.14. The van der Waals surface area contributed by atoms with Crippen LogP contribution in [0.3, 0.4) is 0 Å². The first kappa shape index (κ1) is 21.7. The molecule has 2 aliphatic rings. The van der Waals surface area contributed by atoms with Crippen molar-refractivity contribution < 1.29 is 19.1 Å². The van der Waals surface area contributed by atoms with Gasteiger partial charge in [0.05, 0.1) is 34.1 Å². The third-order valence-electron chi connectivity index (χ3n) is 3.45. The fraction of sp³-hybridized carbons (Fsp3) is 0.111. The number of hydrogen-bond donors (Lipinski definition) is 0. The highest BCUT2D eigenvalue weighted by atomic mass is 32.2. The summed E-state index contributed by atoms with van der Waals surface area (Å²) in [7, 11) is 0. The highest BCUT2D eigenvalue weighted by Gasteiger charge is 2.39. The number of ether oxygens (including phenoxy) is 2. The van der Waals surface area contributed by atoms with E-state index in [1.54, 1.807) is 19.1 Å². The van der Waals surface area contributed by atoms with Gasteiger partial charge in [0.25, 0.3) is 0 Å². The molecule has 30 heavy (non-hydrogen) atoms. The highest BCUT2D eigenvalue weighted by Crippen LogP contribution is 2.68. The third kappa shape index (κ3) is 3.87. The highest BCUT2D eigenvalue weighted by molar-refractivity contribution is 8.25. The minimum atomic E-state index is -1.15. The van der Waals surface area contributed by atoms with Crippen LogP contribution in [0.5, 0.6) is 11.5 Å². The molecule has 12 heteroatoms. The summed E-state index contributed by atoms with van der Waals surface area (Å²) in [6.45, 7) is 2.85. The number of allylic oxidation sites excluding steroid dienone is 2. The van der Waals surface area contributed by atoms with Crippen molar-refractivity contribution in [3.63, 3.8) is 0 Å². The topological polar surface area (TPSA) is 148 Å². The van der Waals surface area contributed by atoms with E-state index in [0.717, 1.165) is 35.3 Å². The largest absolute Gasteiger partial charge is 0.424 e. The fourth-order valence-corrected chi connectivity index (χ4v) is 7.44. The predicted octanol–water partition coefficient (Wildman–Crippen LogP) is 4.45. The lowest BCUT2D eigenvalue weighted by atomic mass is 10.3. The molecule has 0 spiro atoms. The number of benzene rings is 1. The predicted molar refractivity (Wildman–Crippen MR) is 109 cm³/mol. The van der Waals surface area contributed by atoms with Crippen molar-refractivity contribution in [2.24, 2.45) is 0 Å².